The molecule has 5 nitrogen and oxygen atoms in total. The van der Waals surface area contributed by atoms with E-state index < -0.39 is 6.04 Å². The van der Waals surface area contributed by atoms with Gasteiger partial charge in [0.1, 0.15) is 0 Å². The van der Waals surface area contributed by atoms with Gasteiger partial charge in [-0.3, -0.25) is 9.69 Å². The molecule has 1 amide bonds. The lowest BCUT2D eigenvalue weighted by atomic mass is 9.91. The minimum atomic E-state index is -0.403. The Bertz CT molecular complexity index is 377. The molecule has 2 fully saturated rings. The number of nitrogens with two attached hydrogens (primary N) is 1. The number of nitrogens with one attached hydrogen (secondary N) is 1. The smallest absolute Gasteiger partial charge is 0.237 e. The standard InChI is InChI=1S/C17H33N3O2.2ClH/c1-13-5-4-8-20(11-13)17(2,3)12-19-16(21)15(18)14-6-9-22-10-7-14;;/h13-15H,4-12,18H2,1-3H3,(H,19,21);2*1H. The van der Waals surface area contributed by atoms with Crippen molar-refractivity contribution >= 4 is 30.7 Å². The Balaban J connectivity index is 0.00000264. The second-order valence-corrected chi connectivity index (χ2v) is 7.70. The van der Waals surface area contributed by atoms with Crippen LogP contribution in [0.1, 0.15) is 46.5 Å². The molecule has 7 heteroatoms. The van der Waals surface area contributed by atoms with Crippen LogP contribution in [0.3, 0.4) is 0 Å². The summed E-state index contributed by atoms with van der Waals surface area (Å²) in [5.41, 5.74) is 6.13. The van der Waals surface area contributed by atoms with Gasteiger partial charge in [0.25, 0.3) is 0 Å². The molecule has 0 aliphatic carbocycles. The summed E-state index contributed by atoms with van der Waals surface area (Å²) in [5.74, 6) is 0.991. The van der Waals surface area contributed by atoms with Crippen LogP contribution in [-0.2, 0) is 9.53 Å². The van der Waals surface area contributed by atoms with Crippen molar-refractivity contribution in [3.8, 4) is 0 Å². The number of hydrogen-bond donors (Lipinski definition) is 2. The van der Waals surface area contributed by atoms with Crippen LogP contribution < -0.4 is 11.1 Å². The third-order valence-corrected chi connectivity index (χ3v) is 5.28. The largest absolute Gasteiger partial charge is 0.381 e. The van der Waals surface area contributed by atoms with Crippen LogP contribution in [0.5, 0.6) is 0 Å². The van der Waals surface area contributed by atoms with Gasteiger partial charge in [-0.05, 0) is 57.9 Å². The molecule has 2 rings (SSSR count). The molecule has 0 spiro atoms. The average Bonchev–Trinajstić information content (AvgIpc) is 2.53. The number of halogens is 2. The first-order valence-corrected chi connectivity index (χ1v) is 8.76. The summed E-state index contributed by atoms with van der Waals surface area (Å²) < 4.78 is 5.34. The molecule has 0 saturated carbocycles. The third-order valence-electron chi connectivity index (χ3n) is 5.28. The van der Waals surface area contributed by atoms with Crippen molar-refractivity contribution in [3.63, 3.8) is 0 Å². The fraction of sp³-hybridized carbons (Fsp3) is 0.941. The number of amides is 1. The summed E-state index contributed by atoms with van der Waals surface area (Å²) >= 11 is 0. The average molecular weight is 384 g/mol. The lowest BCUT2D eigenvalue weighted by molar-refractivity contribution is -0.125. The van der Waals surface area contributed by atoms with E-state index in [0.29, 0.717) is 6.54 Å². The highest BCUT2D eigenvalue weighted by Gasteiger charge is 2.32. The van der Waals surface area contributed by atoms with Crippen molar-refractivity contribution in [3.05, 3.63) is 0 Å². The molecule has 2 aliphatic heterocycles. The Morgan fingerprint density at radius 1 is 1.29 bits per heavy atom. The number of piperidine rings is 1. The van der Waals surface area contributed by atoms with Gasteiger partial charge >= 0.3 is 0 Å². The van der Waals surface area contributed by atoms with E-state index in [9.17, 15) is 4.79 Å². The second kappa shape index (κ2) is 10.8. The van der Waals surface area contributed by atoms with Crippen molar-refractivity contribution in [2.75, 3.05) is 32.8 Å². The summed E-state index contributed by atoms with van der Waals surface area (Å²) in [5, 5.41) is 3.09. The zero-order valence-electron chi connectivity index (χ0n) is 15.3. The van der Waals surface area contributed by atoms with Gasteiger partial charge in [0.05, 0.1) is 6.04 Å². The Labute approximate surface area is 159 Å². The SMILES string of the molecule is CC1CCCN(C(C)(C)CNC(=O)C(N)C2CCOCC2)C1.Cl.Cl. The molecule has 2 atom stereocenters. The molecule has 2 aliphatic rings. The molecule has 2 saturated heterocycles. The Morgan fingerprint density at radius 3 is 2.50 bits per heavy atom. The fourth-order valence-electron chi connectivity index (χ4n) is 3.56. The van der Waals surface area contributed by atoms with Gasteiger partial charge in [-0.1, -0.05) is 6.92 Å². The maximum Gasteiger partial charge on any atom is 0.237 e. The molecule has 2 unspecified atom stereocenters. The summed E-state index contributed by atoms with van der Waals surface area (Å²) in [7, 11) is 0. The van der Waals surface area contributed by atoms with Crippen LogP contribution >= 0.6 is 24.8 Å². The predicted octanol–water partition coefficient (Wildman–Crippen LogP) is 2.21. The molecule has 3 N–H and O–H groups in total. The summed E-state index contributed by atoms with van der Waals surface area (Å²) in [6.07, 6.45) is 4.34. The predicted molar refractivity (Wildman–Crippen MR) is 103 cm³/mol. The van der Waals surface area contributed by atoms with Gasteiger partial charge < -0.3 is 15.8 Å². The van der Waals surface area contributed by atoms with Crippen LogP contribution in [0, 0.1) is 11.8 Å². The van der Waals surface area contributed by atoms with E-state index in [1.165, 1.54) is 12.8 Å². The van der Waals surface area contributed by atoms with E-state index in [1.54, 1.807) is 0 Å². The highest BCUT2D eigenvalue weighted by Crippen LogP contribution is 2.23. The van der Waals surface area contributed by atoms with Crippen LogP contribution in [0.2, 0.25) is 0 Å². The van der Waals surface area contributed by atoms with Gasteiger partial charge in [-0.25, -0.2) is 0 Å². The maximum atomic E-state index is 12.3. The normalized spacial score (nSPS) is 24.4. The van der Waals surface area contributed by atoms with Gasteiger partial charge in [0, 0.05) is 31.8 Å². The number of rotatable bonds is 5. The number of likely N-dealkylation sites (tertiary alicyclic amines) is 1. The van der Waals surface area contributed by atoms with Crippen LogP contribution in [0.25, 0.3) is 0 Å². The molecule has 0 bridgehead atoms. The van der Waals surface area contributed by atoms with Crippen molar-refractivity contribution < 1.29 is 9.53 Å². The molecule has 2 heterocycles. The molecular formula is C17H35Cl2N3O2. The van der Waals surface area contributed by atoms with Crippen LogP contribution in [0.15, 0.2) is 0 Å². The molecule has 0 radical (unpaired) electrons. The second-order valence-electron chi connectivity index (χ2n) is 7.70. The first-order valence-electron chi connectivity index (χ1n) is 8.76. The third kappa shape index (κ3) is 6.68. The minimum Gasteiger partial charge on any atom is -0.381 e. The Hall–Kier alpha value is -0.0700. The number of hydrogen-bond acceptors (Lipinski definition) is 4. The summed E-state index contributed by atoms with van der Waals surface area (Å²) in [6.45, 7) is 11.1. The first-order chi connectivity index (χ1) is 10.4. The maximum absolute atomic E-state index is 12.3. The van der Waals surface area contributed by atoms with Crippen molar-refractivity contribution in [2.24, 2.45) is 17.6 Å². The molecule has 144 valence electrons. The van der Waals surface area contributed by atoms with Gasteiger partial charge in [-0.15, -0.1) is 24.8 Å². The van der Waals surface area contributed by atoms with Gasteiger partial charge in [0.2, 0.25) is 5.91 Å². The quantitative estimate of drug-likeness (QED) is 0.763. The van der Waals surface area contributed by atoms with Crippen molar-refractivity contribution in [1.82, 2.24) is 10.2 Å². The highest BCUT2D eigenvalue weighted by molar-refractivity contribution is 5.85. The Kier molecular flexibility index (Phi) is 10.8. The molecule has 0 aromatic rings. The van der Waals surface area contributed by atoms with E-state index in [1.807, 2.05) is 0 Å². The first kappa shape index (κ1) is 23.9. The molecular weight excluding hydrogens is 349 g/mol. The number of ether oxygens (including phenoxy) is 1. The van der Waals surface area contributed by atoms with Crippen LogP contribution in [0.4, 0.5) is 0 Å². The monoisotopic (exact) mass is 383 g/mol. The topological polar surface area (TPSA) is 67.6 Å². The lowest BCUT2D eigenvalue weighted by Gasteiger charge is -2.43. The molecule has 0 aromatic carbocycles. The van der Waals surface area contributed by atoms with Crippen molar-refractivity contribution in [1.29, 1.82) is 0 Å². The summed E-state index contributed by atoms with van der Waals surface area (Å²) in [4.78, 5) is 14.8. The van der Waals surface area contributed by atoms with E-state index >= 15 is 0 Å². The van der Waals surface area contributed by atoms with Gasteiger partial charge in [-0.2, -0.15) is 0 Å². The fourth-order valence-corrected chi connectivity index (χ4v) is 3.56. The zero-order chi connectivity index (χ0) is 16.2. The minimum absolute atomic E-state index is 0. The Morgan fingerprint density at radius 2 is 1.92 bits per heavy atom. The zero-order valence-corrected chi connectivity index (χ0v) is 16.9. The molecule has 24 heavy (non-hydrogen) atoms. The lowest BCUT2D eigenvalue weighted by Crippen LogP contribution is -2.57. The molecule has 0 aromatic heterocycles. The van der Waals surface area contributed by atoms with Crippen molar-refractivity contribution in [2.45, 2.75) is 58.0 Å². The van der Waals surface area contributed by atoms with E-state index in [4.69, 9.17) is 10.5 Å². The van der Waals surface area contributed by atoms with E-state index in [0.717, 1.165) is 45.1 Å². The van der Waals surface area contributed by atoms with E-state index in [2.05, 4.69) is 31.0 Å². The summed E-state index contributed by atoms with van der Waals surface area (Å²) in [6, 6.07) is -0.403. The highest BCUT2D eigenvalue weighted by atomic mass is 35.5. The number of carbonyl (C=O) groups excluding carboxylic acids is 1. The number of carbonyl (C=O) groups is 1. The number of nitrogens with zero attached hydrogens (tertiary/aromatic N) is 1. The van der Waals surface area contributed by atoms with Crippen LogP contribution in [-0.4, -0.2) is 55.2 Å². The van der Waals surface area contributed by atoms with Gasteiger partial charge in [0.15, 0.2) is 0 Å². The van der Waals surface area contributed by atoms with E-state index in [-0.39, 0.29) is 42.2 Å².